The van der Waals surface area contributed by atoms with Gasteiger partial charge in [-0.3, -0.25) is 0 Å². The zero-order valence-corrected chi connectivity index (χ0v) is 21.9. The third-order valence-corrected chi connectivity index (χ3v) is 7.23. The van der Waals surface area contributed by atoms with Crippen LogP contribution in [0.4, 0.5) is 4.79 Å². The first kappa shape index (κ1) is 30.5. The summed E-state index contributed by atoms with van der Waals surface area (Å²) in [6.45, 7) is 6.53. The van der Waals surface area contributed by atoms with Crippen molar-refractivity contribution in [2.45, 2.75) is 46.3 Å². The predicted octanol–water partition coefficient (Wildman–Crippen LogP) is 0.453. The Balaban J connectivity index is 2.41. The number of ether oxygens (including phenoxy) is 2. The van der Waals surface area contributed by atoms with Crippen LogP contribution in [0.3, 0.4) is 0 Å². The Morgan fingerprint density at radius 1 is 1.24 bits per heavy atom. The van der Waals surface area contributed by atoms with Crippen molar-refractivity contribution in [2.24, 2.45) is 17.1 Å². The van der Waals surface area contributed by atoms with Crippen LogP contribution in [-0.4, -0.2) is 79.5 Å². The molecule has 15 heteroatoms. The van der Waals surface area contributed by atoms with Gasteiger partial charge in [0, 0.05) is 0 Å². The molecule has 0 radical (unpaired) electrons. The maximum absolute atomic E-state index is 12.5. The Morgan fingerprint density at radius 2 is 1.91 bits per heavy atom. The molecule has 34 heavy (non-hydrogen) atoms. The van der Waals surface area contributed by atoms with E-state index in [4.69, 9.17) is 24.0 Å². The minimum absolute atomic E-state index is 0.0189. The average molecular weight is 530 g/mol. The Morgan fingerprint density at radius 3 is 2.53 bits per heavy atom. The Kier molecular flexibility index (Phi) is 12.7. The third kappa shape index (κ3) is 10.4. The van der Waals surface area contributed by atoms with E-state index in [1.165, 1.54) is 7.11 Å². The quantitative estimate of drug-likeness (QED) is 0.119. The van der Waals surface area contributed by atoms with E-state index >= 15 is 0 Å². The molecule has 0 bridgehead atoms. The monoisotopic (exact) mass is 529 g/mol. The summed E-state index contributed by atoms with van der Waals surface area (Å²) >= 11 is 1.01. The Labute approximate surface area is 203 Å². The molecule has 0 unspecified atom stereocenters. The van der Waals surface area contributed by atoms with Crippen LogP contribution in [0.15, 0.2) is 0 Å². The van der Waals surface area contributed by atoms with Gasteiger partial charge in [0.25, 0.3) is 0 Å². The Bertz CT molecular complexity index is 726. The van der Waals surface area contributed by atoms with E-state index in [9.17, 15) is 24.1 Å². The first-order valence-corrected chi connectivity index (χ1v) is 13.3. The normalized spacial score (nSPS) is 20.6. The fraction of sp³-hybridized carbons (Fsp3) is 0.789. The summed E-state index contributed by atoms with van der Waals surface area (Å²) in [5.41, 5.74) is 4.95. The molecule has 0 aromatic rings. The molecule has 1 aliphatic rings. The number of hydrogen-bond acceptors (Lipinski definition) is 12. The van der Waals surface area contributed by atoms with Crippen molar-refractivity contribution in [1.29, 1.82) is 0 Å². The van der Waals surface area contributed by atoms with Crippen LogP contribution in [0.1, 0.15) is 34.1 Å². The molecule has 1 fully saturated rings. The second kappa shape index (κ2) is 14.1. The second-order valence-corrected chi connectivity index (χ2v) is 11.4. The van der Waals surface area contributed by atoms with Crippen molar-refractivity contribution in [3.63, 3.8) is 0 Å². The van der Waals surface area contributed by atoms with E-state index in [0.717, 1.165) is 11.8 Å². The van der Waals surface area contributed by atoms with Crippen LogP contribution in [0.25, 0.3) is 0 Å². The van der Waals surface area contributed by atoms with Gasteiger partial charge in [-0.1, -0.05) is 0 Å². The van der Waals surface area contributed by atoms with Crippen molar-refractivity contribution >= 4 is 43.0 Å². The molecule has 0 saturated carbocycles. The molecule has 1 saturated heterocycles. The summed E-state index contributed by atoms with van der Waals surface area (Å²) < 4.78 is 25.2. The molecule has 1 heterocycles. The van der Waals surface area contributed by atoms with Crippen molar-refractivity contribution in [3.8, 4) is 0 Å². The number of carbonyl (C=O) groups is 4. The van der Waals surface area contributed by atoms with Gasteiger partial charge in [-0.05, 0) is 0 Å². The molecule has 0 aromatic heterocycles. The summed E-state index contributed by atoms with van der Waals surface area (Å²) in [5, 5.41) is 4.80. The zero-order valence-electron chi connectivity index (χ0n) is 20.1. The van der Waals surface area contributed by atoms with Crippen LogP contribution in [-0.2, 0) is 37.4 Å². The van der Waals surface area contributed by atoms with Gasteiger partial charge in [-0.2, -0.15) is 0 Å². The summed E-state index contributed by atoms with van der Waals surface area (Å²) in [5.74, 6) is -0.719. The molecule has 0 aliphatic carbocycles. The van der Waals surface area contributed by atoms with Crippen molar-refractivity contribution < 1.29 is 47.1 Å². The SMILES string of the molecule is COC(=O)CCNC(=O)[C@@H]1O[PH](O)(OCOC(=O)NCCSC(=O)[C@@H](N)C(C)C)OCC1(C)C. The molecular weight excluding hydrogens is 493 g/mol. The predicted molar refractivity (Wildman–Crippen MR) is 125 cm³/mol. The topological polar surface area (TPSA) is 185 Å². The summed E-state index contributed by atoms with van der Waals surface area (Å²) in [6, 6.07) is -0.574. The van der Waals surface area contributed by atoms with E-state index in [2.05, 4.69) is 15.4 Å². The standard InChI is InChI=1S/C19H36N3O10PS/c1-12(2)14(20)17(25)34-9-8-22-18(26)29-11-31-33(27)30-10-19(3,4)15(32-33)16(24)21-7-6-13(23)28-5/h12,14-15,27,33H,6-11,20H2,1-5H3,(H,21,24)(H,22,26)/t14-,15-/m0/s1. The number of nitrogens with two attached hydrogens (primary N) is 1. The maximum atomic E-state index is 12.5. The van der Waals surface area contributed by atoms with Gasteiger partial charge in [-0.15, -0.1) is 0 Å². The average Bonchev–Trinajstić information content (AvgIpc) is 2.77. The molecule has 13 nitrogen and oxygen atoms in total. The van der Waals surface area contributed by atoms with Crippen LogP contribution >= 0.6 is 19.9 Å². The fourth-order valence-corrected chi connectivity index (χ4v) is 5.12. The van der Waals surface area contributed by atoms with Gasteiger partial charge < -0.3 is 0 Å². The van der Waals surface area contributed by atoms with E-state index in [0.29, 0.717) is 5.75 Å². The van der Waals surface area contributed by atoms with Gasteiger partial charge in [0.15, 0.2) is 0 Å². The minimum atomic E-state index is -4.28. The first-order chi connectivity index (χ1) is 15.8. The van der Waals surface area contributed by atoms with Gasteiger partial charge in [0.1, 0.15) is 0 Å². The van der Waals surface area contributed by atoms with Gasteiger partial charge in [0.05, 0.1) is 0 Å². The van der Waals surface area contributed by atoms with E-state index in [1.54, 1.807) is 13.8 Å². The molecule has 2 atom stereocenters. The molecule has 0 aromatic carbocycles. The number of hydrogen-bond donors (Lipinski definition) is 4. The summed E-state index contributed by atoms with van der Waals surface area (Å²) in [7, 11) is -3.04. The van der Waals surface area contributed by atoms with Crippen molar-refractivity contribution in [2.75, 3.05) is 39.4 Å². The Hall–Kier alpha value is -1.54. The number of esters is 1. The molecule has 2 amide bonds. The summed E-state index contributed by atoms with van der Waals surface area (Å²) in [6.07, 6.45) is -1.99. The van der Waals surface area contributed by atoms with E-state index < -0.39 is 50.5 Å². The fourth-order valence-electron chi connectivity index (χ4n) is 2.54. The van der Waals surface area contributed by atoms with E-state index in [1.807, 2.05) is 13.8 Å². The number of amides is 2. The molecule has 198 valence electrons. The third-order valence-electron chi connectivity index (χ3n) is 4.73. The summed E-state index contributed by atoms with van der Waals surface area (Å²) in [4.78, 5) is 57.8. The number of rotatable bonds is 12. The van der Waals surface area contributed by atoms with Crippen molar-refractivity contribution in [1.82, 2.24) is 10.6 Å². The van der Waals surface area contributed by atoms with Crippen LogP contribution in [0.5, 0.6) is 0 Å². The number of methoxy groups -OCH3 is 1. The molecule has 0 spiro atoms. The molecule has 5 N–H and O–H groups in total. The van der Waals surface area contributed by atoms with Gasteiger partial charge in [0.2, 0.25) is 0 Å². The van der Waals surface area contributed by atoms with Gasteiger partial charge >= 0.3 is 203 Å². The zero-order chi connectivity index (χ0) is 25.9. The first-order valence-electron chi connectivity index (χ1n) is 10.7. The number of carbonyl (C=O) groups excluding carboxylic acids is 4. The molecule has 1 aliphatic heterocycles. The molecular formula is C19H36N3O10PS. The number of thioether (sulfide) groups is 1. The van der Waals surface area contributed by atoms with Crippen LogP contribution in [0, 0.1) is 11.3 Å². The van der Waals surface area contributed by atoms with E-state index in [-0.39, 0.29) is 37.2 Å². The van der Waals surface area contributed by atoms with Crippen LogP contribution in [0.2, 0.25) is 0 Å². The van der Waals surface area contributed by atoms with Crippen LogP contribution < -0.4 is 16.4 Å². The molecule has 1 rings (SSSR count). The second-order valence-electron chi connectivity index (χ2n) is 8.47. The number of nitrogens with one attached hydrogen (secondary N) is 2. The van der Waals surface area contributed by atoms with Crippen molar-refractivity contribution in [3.05, 3.63) is 0 Å². The number of alkyl carbamates (subject to hydrolysis) is 1. The van der Waals surface area contributed by atoms with Gasteiger partial charge in [-0.25, -0.2) is 0 Å².